The highest BCUT2D eigenvalue weighted by atomic mass is 16.2. The number of hydrogen-bond acceptors (Lipinski definition) is 4. The van der Waals surface area contributed by atoms with Crippen LogP contribution in [0.2, 0.25) is 0 Å². The smallest absolute Gasteiger partial charge is 0.246 e. The Labute approximate surface area is 113 Å². The van der Waals surface area contributed by atoms with Crippen molar-refractivity contribution in [2.24, 2.45) is 5.73 Å². The number of benzene rings is 1. The third-order valence-electron chi connectivity index (χ3n) is 3.44. The molecule has 0 aliphatic carbocycles. The molecule has 0 spiro atoms. The Bertz CT molecular complexity index is 535. The van der Waals surface area contributed by atoms with Gasteiger partial charge in [-0.25, -0.2) is 0 Å². The van der Waals surface area contributed by atoms with Gasteiger partial charge in [-0.2, -0.15) is 5.26 Å². The van der Waals surface area contributed by atoms with Crippen LogP contribution in [-0.4, -0.2) is 32.1 Å². The summed E-state index contributed by atoms with van der Waals surface area (Å²) in [5, 5.41) is 8.97. The molecular weight excluding hydrogens is 240 g/mol. The minimum absolute atomic E-state index is 0.0675. The Balaban J connectivity index is 2.46. The molecule has 1 amide bonds. The van der Waals surface area contributed by atoms with E-state index in [1.807, 2.05) is 31.0 Å². The molecule has 0 saturated carbocycles. The third-order valence-corrected chi connectivity index (χ3v) is 3.44. The van der Waals surface area contributed by atoms with Gasteiger partial charge in [0.15, 0.2) is 0 Å². The lowest BCUT2D eigenvalue weighted by molar-refractivity contribution is -0.118. The van der Waals surface area contributed by atoms with Crippen LogP contribution >= 0.6 is 0 Å². The predicted octanol–water partition coefficient (Wildman–Crippen LogP) is 1.08. The molecule has 0 radical (unpaired) electrons. The maximum absolute atomic E-state index is 12.2. The molecule has 1 heterocycles. The van der Waals surface area contributed by atoms with Gasteiger partial charge < -0.3 is 15.5 Å². The van der Waals surface area contributed by atoms with E-state index in [2.05, 4.69) is 6.07 Å². The summed E-state index contributed by atoms with van der Waals surface area (Å²) >= 11 is 0. The largest absolute Gasteiger partial charge is 0.364 e. The number of amides is 1. The Morgan fingerprint density at radius 1 is 1.47 bits per heavy atom. The van der Waals surface area contributed by atoms with Crippen molar-refractivity contribution in [3.8, 4) is 6.07 Å². The van der Waals surface area contributed by atoms with Crippen molar-refractivity contribution in [2.45, 2.75) is 19.4 Å². The number of fused-ring (bicyclic) bond motifs is 1. The second-order valence-corrected chi connectivity index (χ2v) is 4.86. The number of hydrogen-bond donors (Lipinski definition) is 1. The van der Waals surface area contributed by atoms with E-state index in [4.69, 9.17) is 11.0 Å². The first kappa shape index (κ1) is 13.4. The van der Waals surface area contributed by atoms with E-state index in [1.54, 1.807) is 11.0 Å². The summed E-state index contributed by atoms with van der Waals surface area (Å²) in [4.78, 5) is 15.9. The summed E-state index contributed by atoms with van der Waals surface area (Å²) in [6.07, 6.45) is 0.759. The first-order chi connectivity index (χ1) is 9.08. The molecule has 0 saturated heterocycles. The predicted molar refractivity (Wildman–Crippen MR) is 75.0 cm³/mol. The average Bonchev–Trinajstić information content (AvgIpc) is 2.38. The van der Waals surface area contributed by atoms with E-state index in [0.29, 0.717) is 18.7 Å². The van der Waals surface area contributed by atoms with Gasteiger partial charge in [0.1, 0.15) is 0 Å². The van der Waals surface area contributed by atoms with Crippen molar-refractivity contribution in [1.29, 1.82) is 5.26 Å². The van der Waals surface area contributed by atoms with Crippen molar-refractivity contribution in [1.82, 2.24) is 0 Å². The molecule has 1 unspecified atom stereocenters. The lowest BCUT2D eigenvalue weighted by Crippen LogP contribution is -2.49. The standard InChI is InChI=1S/C14H18N4O/c1-10(5-6-15)18-12-4-3-11(8-16)7-13(12)17(2)9-14(18)19/h3-4,7,10H,5-6,9,15H2,1-2H3. The van der Waals surface area contributed by atoms with E-state index >= 15 is 0 Å². The van der Waals surface area contributed by atoms with Crippen LogP contribution in [-0.2, 0) is 4.79 Å². The zero-order valence-electron chi connectivity index (χ0n) is 11.3. The van der Waals surface area contributed by atoms with Gasteiger partial charge in [-0.15, -0.1) is 0 Å². The van der Waals surface area contributed by atoms with E-state index < -0.39 is 0 Å². The lowest BCUT2D eigenvalue weighted by Gasteiger charge is -2.38. The number of nitrogens with two attached hydrogens (primary N) is 1. The maximum atomic E-state index is 12.2. The van der Waals surface area contributed by atoms with Gasteiger partial charge in [0.05, 0.1) is 29.6 Å². The Hall–Kier alpha value is -2.06. The number of carbonyl (C=O) groups is 1. The number of rotatable bonds is 3. The van der Waals surface area contributed by atoms with E-state index in [0.717, 1.165) is 17.8 Å². The number of anilines is 2. The van der Waals surface area contributed by atoms with Crippen molar-refractivity contribution < 1.29 is 4.79 Å². The molecule has 1 aromatic carbocycles. The van der Waals surface area contributed by atoms with Gasteiger partial charge >= 0.3 is 0 Å². The fraction of sp³-hybridized carbons (Fsp3) is 0.429. The molecular formula is C14H18N4O. The summed E-state index contributed by atoms with van der Waals surface area (Å²) in [6.45, 7) is 2.88. The van der Waals surface area contributed by atoms with Gasteiger partial charge in [-0.05, 0) is 38.1 Å². The van der Waals surface area contributed by atoms with E-state index in [1.165, 1.54) is 0 Å². The molecule has 5 heteroatoms. The molecule has 2 N–H and O–H groups in total. The highest BCUT2D eigenvalue weighted by Gasteiger charge is 2.30. The highest BCUT2D eigenvalue weighted by Crippen LogP contribution is 2.35. The Morgan fingerprint density at radius 2 is 2.21 bits per heavy atom. The van der Waals surface area contributed by atoms with Gasteiger partial charge in [0.25, 0.3) is 0 Å². The van der Waals surface area contributed by atoms with Crippen molar-refractivity contribution in [3.05, 3.63) is 23.8 Å². The van der Waals surface area contributed by atoms with Crippen molar-refractivity contribution in [3.63, 3.8) is 0 Å². The molecule has 19 heavy (non-hydrogen) atoms. The normalized spacial score (nSPS) is 16.0. The van der Waals surface area contributed by atoms with Crippen molar-refractivity contribution in [2.75, 3.05) is 29.9 Å². The minimum atomic E-state index is 0.0675. The molecule has 1 aliphatic heterocycles. The second kappa shape index (κ2) is 5.29. The van der Waals surface area contributed by atoms with Crippen LogP contribution in [0.1, 0.15) is 18.9 Å². The number of carbonyl (C=O) groups excluding carboxylic acids is 1. The number of nitrogens with zero attached hydrogens (tertiary/aromatic N) is 3. The zero-order chi connectivity index (χ0) is 14.0. The molecule has 2 rings (SSSR count). The quantitative estimate of drug-likeness (QED) is 0.880. The summed E-state index contributed by atoms with van der Waals surface area (Å²) in [5.41, 5.74) is 7.97. The molecule has 1 aliphatic rings. The molecule has 0 fully saturated rings. The molecule has 100 valence electrons. The number of nitriles is 1. The summed E-state index contributed by atoms with van der Waals surface area (Å²) < 4.78 is 0. The molecule has 1 atom stereocenters. The Morgan fingerprint density at radius 3 is 2.84 bits per heavy atom. The fourth-order valence-corrected chi connectivity index (χ4v) is 2.45. The van der Waals surface area contributed by atoms with Crippen LogP contribution in [0, 0.1) is 11.3 Å². The lowest BCUT2D eigenvalue weighted by atomic mass is 10.1. The van der Waals surface area contributed by atoms with Crippen LogP contribution in [0.4, 0.5) is 11.4 Å². The maximum Gasteiger partial charge on any atom is 0.246 e. The van der Waals surface area contributed by atoms with Gasteiger partial charge in [-0.3, -0.25) is 4.79 Å². The van der Waals surface area contributed by atoms with Crippen molar-refractivity contribution >= 4 is 17.3 Å². The van der Waals surface area contributed by atoms with Gasteiger partial charge in [0.2, 0.25) is 5.91 Å². The van der Waals surface area contributed by atoms with Crippen LogP contribution in [0.3, 0.4) is 0 Å². The molecule has 5 nitrogen and oxygen atoms in total. The van der Waals surface area contributed by atoms with Gasteiger partial charge in [-0.1, -0.05) is 0 Å². The van der Waals surface area contributed by atoms with E-state index in [9.17, 15) is 4.79 Å². The van der Waals surface area contributed by atoms with E-state index in [-0.39, 0.29) is 11.9 Å². The summed E-state index contributed by atoms with van der Waals surface area (Å²) in [7, 11) is 1.86. The van der Waals surface area contributed by atoms with Crippen LogP contribution in [0.25, 0.3) is 0 Å². The average molecular weight is 258 g/mol. The zero-order valence-corrected chi connectivity index (χ0v) is 11.3. The molecule has 0 aromatic heterocycles. The topological polar surface area (TPSA) is 73.4 Å². The first-order valence-corrected chi connectivity index (χ1v) is 6.36. The monoisotopic (exact) mass is 258 g/mol. The summed E-state index contributed by atoms with van der Waals surface area (Å²) in [5.74, 6) is 0.0701. The van der Waals surface area contributed by atoms with Crippen LogP contribution < -0.4 is 15.5 Å². The van der Waals surface area contributed by atoms with Gasteiger partial charge in [0, 0.05) is 13.1 Å². The van der Waals surface area contributed by atoms with Crippen LogP contribution in [0.5, 0.6) is 0 Å². The molecule has 1 aromatic rings. The first-order valence-electron chi connectivity index (χ1n) is 6.36. The Kier molecular flexibility index (Phi) is 3.72. The van der Waals surface area contributed by atoms with Crippen LogP contribution in [0.15, 0.2) is 18.2 Å². The second-order valence-electron chi connectivity index (χ2n) is 4.86. The SMILES string of the molecule is CC(CCN)N1C(=O)CN(C)c2cc(C#N)ccc21. The minimum Gasteiger partial charge on any atom is -0.364 e. The fourth-order valence-electron chi connectivity index (χ4n) is 2.45. The third kappa shape index (κ3) is 2.40. The highest BCUT2D eigenvalue weighted by molar-refractivity contribution is 6.03. The summed E-state index contributed by atoms with van der Waals surface area (Å²) in [6, 6.07) is 7.60. The molecule has 0 bridgehead atoms. The number of likely N-dealkylation sites (N-methyl/N-ethyl adjacent to an activating group) is 1.